The van der Waals surface area contributed by atoms with E-state index in [1.165, 1.54) is 23.6 Å². The van der Waals surface area contributed by atoms with E-state index in [4.69, 9.17) is 4.52 Å². The molecule has 0 saturated carbocycles. The van der Waals surface area contributed by atoms with Gasteiger partial charge >= 0.3 is 0 Å². The summed E-state index contributed by atoms with van der Waals surface area (Å²) >= 11 is 1.36. The molecule has 2 rings (SSSR count). The Balaban J connectivity index is 1.92. The van der Waals surface area contributed by atoms with E-state index in [9.17, 15) is 4.79 Å². The zero-order chi connectivity index (χ0) is 13.0. The van der Waals surface area contributed by atoms with Gasteiger partial charge in [0, 0.05) is 19.0 Å². The molecule has 0 aromatic carbocycles. The molecule has 1 N–H and O–H groups in total. The van der Waals surface area contributed by atoms with E-state index >= 15 is 0 Å². The Morgan fingerprint density at radius 2 is 2.33 bits per heavy atom. The Hall–Kier alpha value is -1.80. The van der Waals surface area contributed by atoms with Crippen molar-refractivity contribution in [3.05, 3.63) is 23.0 Å². The van der Waals surface area contributed by atoms with Gasteiger partial charge in [-0.15, -0.1) is 10.2 Å². The Morgan fingerprint density at radius 1 is 1.50 bits per heavy atom. The monoisotopic (exact) mass is 267 g/mol. The minimum absolute atomic E-state index is 0.153. The maximum absolute atomic E-state index is 11.6. The standard InChI is InChI=1S/C10H13N5O2S/c1-15(2)6-4-8-13-14-10(18-8)12-9(16)7-3-5-11-17-7/h3,5H,4,6H2,1-2H3,(H,12,14,16). The van der Waals surface area contributed by atoms with Crippen molar-refractivity contribution in [1.29, 1.82) is 0 Å². The molecule has 0 unspecified atom stereocenters. The van der Waals surface area contributed by atoms with Crippen molar-refractivity contribution in [2.24, 2.45) is 0 Å². The lowest BCUT2D eigenvalue weighted by Gasteiger charge is -2.05. The zero-order valence-corrected chi connectivity index (χ0v) is 10.9. The third-order valence-electron chi connectivity index (χ3n) is 2.12. The minimum Gasteiger partial charge on any atom is -0.351 e. The van der Waals surface area contributed by atoms with Gasteiger partial charge in [-0.05, 0) is 14.1 Å². The highest BCUT2D eigenvalue weighted by Gasteiger charge is 2.13. The molecule has 0 saturated heterocycles. The molecule has 0 atom stereocenters. The summed E-state index contributed by atoms with van der Waals surface area (Å²) in [4.78, 5) is 13.7. The summed E-state index contributed by atoms with van der Waals surface area (Å²) in [6, 6.07) is 1.49. The molecule has 7 nitrogen and oxygen atoms in total. The molecule has 0 spiro atoms. The summed E-state index contributed by atoms with van der Waals surface area (Å²) in [7, 11) is 3.99. The van der Waals surface area contributed by atoms with Crippen LogP contribution >= 0.6 is 11.3 Å². The highest BCUT2D eigenvalue weighted by atomic mass is 32.1. The van der Waals surface area contributed by atoms with Gasteiger partial charge < -0.3 is 9.42 Å². The van der Waals surface area contributed by atoms with Gasteiger partial charge in [0.25, 0.3) is 5.91 Å². The molecule has 18 heavy (non-hydrogen) atoms. The van der Waals surface area contributed by atoms with Crippen LogP contribution in [0.1, 0.15) is 15.6 Å². The quantitative estimate of drug-likeness (QED) is 0.865. The topological polar surface area (TPSA) is 84.2 Å². The number of amides is 1. The van der Waals surface area contributed by atoms with E-state index in [1.807, 2.05) is 14.1 Å². The molecule has 2 aromatic rings. The number of hydrogen-bond acceptors (Lipinski definition) is 7. The highest BCUT2D eigenvalue weighted by Crippen LogP contribution is 2.16. The minimum atomic E-state index is -0.372. The normalized spacial score (nSPS) is 10.8. The van der Waals surface area contributed by atoms with Crippen LogP contribution in [0.3, 0.4) is 0 Å². The Morgan fingerprint density at radius 3 is 3.00 bits per heavy atom. The fourth-order valence-electron chi connectivity index (χ4n) is 1.22. The number of hydrogen-bond donors (Lipinski definition) is 1. The van der Waals surface area contributed by atoms with Crippen LogP contribution in [-0.4, -0.2) is 46.8 Å². The largest absolute Gasteiger partial charge is 0.351 e. The number of carbonyl (C=O) groups is 1. The van der Waals surface area contributed by atoms with E-state index in [0.717, 1.165) is 18.0 Å². The molecule has 0 aliphatic rings. The van der Waals surface area contributed by atoms with Gasteiger partial charge in [-0.2, -0.15) is 0 Å². The molecule has 0 radical (unpaired) electrons. The Bertz CT molecular complexity index is 508. The summed E-state index contributed by atoms with van der Waals surface area (Å²) in [5.41, 5.74) is 0. The van der Waals surface area contributed by atoms with Crippen molar-refractivity contribution in [3.63, 3.8) is 0 Å². The molecule has 2 aromatic heterocycles. The van der Waals surface area contributed by atoms with Gasteiger partial charge in [0.15, 0.2) is 0 Å². The van der Waals surface area contributed by atoms with Crippen LogP contribution in [0.15, 0.2) is 16.8 Å². The van der Waals surface area contributed by atoms with Gasteiger partial charge in [-0.1, -0.05) is 16.5 Å². The van der Waals surface area contributed by atoms with E-state index in [1.54, 1.807) is 0 Å². The van der Waals surface area contributed by atoms with Gasteiger partial charge in [0.1, 0.15) is 5.01 Å². The predicted molar refractivity (Wildman–Crippen MR) is 66.6 cm³/mol. The first kappa shape index (κ1) is 12.7. The van der Waals surface area contributed by atoms with Gasteiger partial charge in [0.2, 0.25) is 10.9 Å². The third-order valence-corrected chi connectivity index (χ3v) is 3.02. The van der Waals surface area contributed by atoms with Gasteiger partial charge in [0.05, 0.1) is 6.20 Å². The molecular weight excluding hydrogens is 254 g/mol. The van der Waals surface area contributed by atoms with Crippen molar-refractivity contribution >= 4 is 22.4 Å². The summed E-state index contributed by atoms with van der Waals surface area (Å²) in [6.45, 7) is 0.894. The lowest BCUT2D eigenvalue weighted by atomic mass is 10.4. The fraction of sp³-hybridized carbons (Fsp3) is 0.400. The molecule has 0 aliphatic heterocycles. The predicted octanol–water partition coefficient (Wildman–Crippen LogP) is 0.882. The van der Waals surface area contributed by atoms with E-state index in [-0.39, 0.29) is 11.7 Å². The number of likely N-dealkylation sites (N-methyl/N-ethyl adjacent to an activating group) is 1. The number of nitrogens with one attached hydrogen (secondary N) is 1. The Labute approximate surface area is 108 Å². The van der Waals surface area contributed by atoms with Crippen LogP contribution in [0.2, 0.25) is 0 Å². The summed E-state index contributed by atoms with van der Waals surface area (Å²) < 4.78 is 4.74. The van der Waals surface area contributed by atoms with Crippen molar-refractivity contribution in [3.8, 4) is 0 Å². The summed E-state index contributed by atoms with van der Waals surface area (Å²) in [5.74, 6) is -0.220. The van der Waals surface area contributed by atoms with Crippen molar-refractivity contribution in [2.75, 3.05) is 26.0 Å². The molecule has 0 fully saturated rings. The smallest absolute Gasteiger partial charge is 0.296 e. The van der Waals surface area contributed by atoms with E-state index < -0.39 is 0 Å². The summed E-state index contributed by atoms with van der Waals surface area (Å²) in [5, 5.41) is 15.3. The molecule has 1 amide bonds. The zero-order valence-electron chi connectivity index (χ0n) is 10.1. The first-order chi connectivity index (χ1) is 8.65. The highest BCUT2D eigenvalue weighted by molar-refractivity contribution is 7.15. The number of anilines is 1. The number of aromatic nitrogens is 3. The SMILES string of the molecule is CN(C)CCc1nnc(NC(=O)c2ccno2)s1. The van der Waals surface area contributed by atoms with Crippen LogP contribution in [0, 0.1) is 0 Å². The van der Waals surface area contributed by atoms with Crippen LogP contribution in [0.4, 0.5) is 5.13 Å². The number of rotatable bonds is 5. The molecular formula is C10H13N5O2S. The lowest BCUT2D eigenvalue weighted by molar-refractivity contribution is 0.0988. The van der Waals surface area contributed by atoms with Crippen LogP contribution < -0.4 is 5.32 Å². The van der Waals surface area contributed by atoms with Gasteiger partial charge in [-0.3, -0.25) is 10.1 Å². The molecule has 8 heteroatoms. The van der Waals surface area contributed by atoms with Gasteiger partial charge in [-0.25, -0.2) is 0 Å². The number of carbonyl (C=O) groups excluding carboxylic acids is 1. The van der Waals surface area contributed by atoms with Crippen LogP contribution in [0.5, 0.6) is 0 Å². The maximum atomic E-state index is 11.6. The third kappa shape index (κ3) is 3.34. The molecule has 2 heterocycles. The van der Waals surface area contributed by atoms with E-state index in [0.29, 0.717) is 5.13 Å². The van der Waals surface area contributed by atoms with Crippen LogP contribution in [-0.2, 0) is 6.42 Å². The van der Waals surface area contributed by atoms with Crippen LogP contribution in [0.25, 0.3) is 0 Å². The first-order valence-corrected chi connectivity index (χ1v) is 6.16. The first-order valence-electron chi connectivity index (χ1n) is 5.34. The average Bonchev–Trinajstić information content (AvgIpc) is 2.97. The van der Waals surface area contributed by atoms with E-state index in [2.05, 4.69) is 25.6 Å². The Kier molecular flexibility index (Phi) is 4.00. The molecule has 0 aliphatic carbocycles. The summed E-state index contributed by atoms with van der Waals surface area (Å²) in [6.07, 6.45) is 2.22. The molecule has 0 bridgehead atoms. The maximum Gasteiger partial charge on any atom is 0.296 e. The van der Waals surface area contributed by atoms with Crippen molar-refractivity contribution in [2.45, 2.75) is 6.42 Å². The second kappa shape index (κ2) is 5.69. The lowest BCUT2D eigenvalue weighted by Crippen LogP contribution is -2.14. The fourth-order valence-corrected chi connectivity index (χ4v) is 1.94. The second-order valence-corrected chi connectivity index (χ2v) is 4.95. The second-order valence-electron chi connectivity index (χ2n) is 3.89. The van der Waals surface area contributed by atoms with Crippen molar-refractivity contribution in [1.82, 2.24) is 20.3 Å². The average molecular weight is 267 g/mol. The number of nitrogens with zero attached hydrogens (tertiary/aromatic N) is 4. The molecule has 96 valence electrons. The van der Waals surface area contributed by atoms with Crippen molar-refractivity contribution < 1.29 is 9.32 Å².